The van der Waals surface area contributed by atoms with Crippen LogP contribution in [0.4, 0.5) is 4.11 Å². The van der Waals surface area contributed by atoms with Crippen molar-refractivity contribution < 1.29 is 4.11 Å². The minimum absolute atomic E-state index is 0.656. The summed E-state index contributed by atoms with van der Waals surface area (Å²) in [6.45, 7) is 5.35. The summed E-state index contributed by atoms with van der Waals surface area (Å²) in [7, 11) is -2.26. The molecule has 0 rings (SSSR count). The summed E-state index contributed by atoms with van der Waals surface area (Å²) in [5.74, 6) is 0. The van der Waals surface area contributed by atoms with Crippen LogP contribution < -0.4 is 0 Å². The van der Waals surface area contributed by atoms with E-state index in [0.29, 0.717) is 6.04 Å². The molecule has 0 aromatic heterocycles. The van der Waals surface area contributed by atoms with Crippen molar-refractivity contribution >= 4 is 8.41 Å². The Kier molecular flexibility index (Phi) is 2.98. The molecule has 8 heavy (non-hydrogen) atoms. The number of rotatable bonds is 2. The summed E-state index contributed by atoms with van der Waals surface area (Å²) in [6, 6.07) is 0.656. The van der Waals surface area contributed by atoms with Crippen molar-refractivity contribution in [1.29, 1.82) is 0 Å². The molecule has 48 valence electrons. The standard InChI is InChI=1S/C6H13FSi/c1-4-5-6-8(2,3)7/h4-5H,6H2,1-3H3/b5-4+. The highest BCUT2D eigenvalue weighted by atomic mass is 28.4. The lowest BCUT2D eigenvalue weighted by molar-refractivity contribution is 0.799. The second-order valence-corrected chi connectivity index (χ2v) is 6.34. The fraction of sp³-hybridized carbons (Fsp3) is 0.667. The molecule has 0 heterocycles. The first-order valence-electron chi connectivity index (χ1n) is 2.86. The number of hydrogen-bond acceptors (Lipinski definition) is 0. The van der Waals surface area contributed by atoms with Crippen molar-refractivity contribution in [2.24, 2.45) is 0 Å². The van der Waals surface area contributed by atoms with E-state index in [-0.39, 0.29) is 0 Å². The summed E-state index contributed by atoms with van der Waals surface area (Å²) < 4.78 is 12.7. The molecule has 0 nitrogen and oxygen atoms in total. The third kappa shape index (κ3) is 5.89. The predicted molar refractivity (Wildman–Crippen MR) is 38.2 cm³/mol. The van der Waals surface area contributed by atoms with Crippen molar-refractivity contribution in [3.8, 4) is 0 Å². The molecular weight excluding hydrogens is 119 g/mol. The quantitative estimate of drug-likeness (QED) is 0.308. The van der Waals surface area contributed by atoms with Gasteiger partial charge in [0.1, 0.15) is 0 Å². The number of hydrogen-bond donors (Lipinski definition) is 0. The van der Waals surface area contributed by atoms with Gasteiger partial charge in [0.2, 0.25) is 8.41 Å². The third-order valence-electron chi connectivity index (χ3n) is 0.839. The molecule has 0 radical (unpaired) electrons. The van der Waals surface area contributed by atoms with Gasteiger partial charge in [-0.1, -0.05) is 12.2 Å². The van der Waals surface area contributed by atoms with Gasteiger partial charge in [-0.15, -0.1) is 0 Å². The first kappa shape index (κ1) is 7.89. The Morgan fingerprint density at radius 2 is 2.00 bits per heavy atom. The molecule has 0 fully saturated rings. The lowest BCUT2D eigenvalue weighted by Gasteiger charge is -2.04. The maximum atomic E-state index is 12.7. The maximum Gasteiger partial charge on any atom is 0.244 e. The van der Waals surface area contributed by atoms with Crippen molar-refractivity contribution in [1.82, 2.24) is 0 Å². The van der Waals surface area contributed by atoms with Gasteiger partial charge in [-0.25, -0.2) is 0 Å². The molecule has 0 saturated heterocycles. The van der Waals surface area contributed by atoms with Crippen LogP contribution in [0.1, 0.15) is 6.92 Å². The van der Waals surface area contributed by atoms with Gasteiger partial charge in [0.05, 0.1) is 0 Å². The van der Waals surface area contributed by atoms with Crippen molar-refractivity contribution in [3.05, 3.63) is 12.2 Å². The van der Waals surface area contributed by atoms with E-state index in [0.717, 1.165) is 0 Å². The van der Waals surface area contributed by atoms with E-state index >= 15 is 0 Å². The normalized spacial score (nSPS) is 13.0. The topological polar surface area (TPSA) is 0 Å². The maximum absolute atomic E-state index is 12.7. The molecule has 0 unspecified atom stereocenters. The van der Waals surface area contributed by atoms with E-state index in [4.69, 9.17) is 0 Å². The molecule has 0 aromatic rings. The molecule has 0 bridgehead atoms. The summed E-state index contributed by atoms with van der Waals surface area (Å²) >= 11 is 0. The minimum Gasteiger partial charge on any atom is -0.314 e. The zero-order chi connectivity index (χ0) is 6.62. The van der Waals surface area contributed by atoms with Crippen molar-refractivity contribution in [2.75, 3.05) is 0 Å². The summed E-state index contributed by atoms with van der Waals surface area (Å²) in [5, 5.41) is 0. The zero-order valence-corrected chi connectivity index (χ0v) is 6.74. The SMILES string of the molecule is C/C=C/C[Si](C)(C)F. The van der Waals surface area contributed by atoms with Gasteiger partial charge in [0.15, 0.2) is 0 Å². The fourth-order valence-corrected chi connectivity index (χ4v) is 1.19. The Hall–Kier alpha value is -0.113. The molecule has 0 aliphatic heterocycles. The van der Waals surface area contributed by atoms with Crippen molar-refractivity contribution in [3.63, 3.8) is 0 Å². The smallest absolute Gasteiger partial charge is 0.244 e. The molecule has 0 amide bonds. The number of halogens is 1. The van der Waals surface area contributed by atoms with Crippen LogP contribution in [0.25, 0.3) is 0 Å². The van der Waals surface area contributed by atoms with Gasteiger partial charge in [-0.05, 0) is 26.1 Å². The van der Waals surface area contributed by atoms with Gasteiger partial charge in [-0.2, -0.15) is 0 Å². The molecule has 0 N–H and O–H groups in total. The lowest BCUT2D eigenvalue weighted by Crippen LogP contribution is -2.15. The summed E-state index contributed by atoms with van der Waals surface area (Å²) in [4.78, 5) is 0. The van der Waals surface area contributed by atoms with Gasteiger partial charge in [0.25, 0.3) is 0 Å². The molecule has 2 heteroatoms. The zero-order valence-electron chi connectivity index (χ0n) is 5.74. The van der Waals surface area contributed by atoms with Crippen LogP contribution in [0.15, 0.2) is 12.2 Å². The monoisotopic (exact) mass is 132 g/mol. The van der Waals surface area contributed by atoms with Crippen LogP contribution in [0.3, 0.4) is 0 Å². The van der Waals surface area contributed by atoms with E-state index in [1.54, 1.807) is 13.1 Å². The molecule has 0 aliphatic rings. The largest absolute Gasteiger partial charge is 0.314 e. The molecule has 0 atom stereocenters. The van der Waals surface area contributed by atoms with E-state index in [1.165, 1.54) is 0 Å². The Labute approximate surface area is 51.6 Å². The van der Waals surface area contributed by atoms with Crippen LogP contribution in [0.5, 0.6) is 0 Å². The average molecular weight is 132 g/mol. The molecule has 0 aromatic carbocycles. The van der Waals surface area contributed by atoms with Crippen LogP contribution in [-0.4, -0.2) is 8.41 Å². The van der Waals surface area contributed by atoms with Gasteiger partial charge >= 0.3 is 0 Å². The van der Waals surface area contributed by atoms with Gasteiger partial charge in [0, 0.05) is 0 Å². The Balaban J connectivity index is 3.39. The first-order chi connectivity index (χ1) is 3.56. The Morgan fingerprint density at radius 1 is 1.50 bits per heavy atom. The molecule has 0 saturated carbocycles. The van der Waals surface area contributed by atoms with Crippen LogP contribution in [0, 0.1) is 0 Å². The summed E-state index contributed by atoms with van der Waals surface area (Å²) in [5.41, 5.74) is 0. The lowest BCUT2D eigenvalue weighted by atomic mass is 10.6. The van der Waals surface area contributed by atoms with Crippen LogP contribution in [-0.2, 0) is 0 Å². The Bertz CT molecular complexity index is 81.0. The second-order valence-electron chi connectivity index (χ2n) is 2.49. The second kappa shape index (κ2) is 3.02. The van der Waals surface area contributed by atoms with Gasteiger partial charge < -0.3 is 4.11 Å². The third-order valence-corrected chi connectivity index (χ3v) is 2.05. The van der Waals surface area contributed by atoms with Crippen LogP contribution >= 0.6 is 0 Å². The van der Waals surface area contributed by atoms with E-state index in [2.05, 4.69) is 0 Å². The average Bonchev–Trinajstić information content (AvgIpc) is 1.59. The minimum atomic E-state index is -2.26. The van der Waals surface area contributed by atoms with E-state index in [1.807, 2.05) is 19.1 Å². The fourth-order valence-electron chi connectivity index (χ4n) is 0.398. The molecule has 0 aliphatic carbocycles. The highest BCUT2D eigenvalue weighted by Crippen LogP contribution is 2.09. The summed E-state index contributed by atoms with van der Waals surface area (Å²) in [6.07, 6.45) is 3.79. The highest BCUT2D eigenvalue weighted by molar-refractivity contribution is 6.70. The first-order valence-corrected chi connectivity index (χ1v) is 5.95. The molecule has 0 spiro atoms. The predicted octanol–water partition coefficient (Wildman–Crippen LogP) is 2.74. The van der Waals surface area contributed by atoms with Crippen molar-refractivity contribution in [2.45, 2.75) is 26.1 Å². The molecular formula is C6H13FSi. The van der Waals surface area contributed by atoms with E-state index in [9.17, 15) is 4.11 Å². The van der Waals surface area contributed by atoms with Crippen LogP contribution in [0.2, 0.25) is 19.1 Å². The van der Waals surface area contributed by atoms with E-state index < -0.39 is 8.41 Å². The number of allylic oxidation sites excluding steroid dienone is 2. The van der Waals surface area contributed by atoms with Gasteiger partial charge in [-0.3, -0.25) is 0 Å². The Morgan fingerprint density at radius 3 is 2.12 bits per heavy atom. The highest BCUT2D eigenvalue weighted by Gasteiger charge is 2.16.